The number of hydrogen-bond acceptors (Lipinski definition) is 3. The van der Waals surface area contributed by atoms with Crippen molar-refractivity contribution in [2.75, 3.05) is 5.32 Å². The van der Waals surface area contributed by atoms with Crippen LogP contribution >= 0.6 is 0 Å². The van der Waals surface area contributed by atoms with Crippen LogP contribution < -0.4 is 10.6 Å². The third-order valence-corrected chi connectivity index (χ3v) is 4.01. The van der Waals surface area contributed by atoms with Crippen molar-refractivity contribution in [3.05, 3.63) is 101 Å². The largest absolute Gasteiger partial charge is 0.372 e. The summed E-state index contributed by atoms with van der Waals surface area (Å²) >= 11 is 0. The van der Waals surface area contributed by atoms with E-state index >= 15 is 0 Å². The van der Waals surface area contributed by atoms with Crippen molar-refractivity contribution < 1.29 is 23.1 Å². The maximum Gasteiger partial charge on any atom is 0.326 e. The summed E-state index contributed by atoms with van der Waals surface area (Å²) in [6.07, 6.45) is 0. The van der Waals surface area contributed by atoms with Crippen LogP contribution in [0.2, 0.25) is 0 Å². The van der Waals surface area contributed by atoms with Crippen molar-refractivity contribution in [3.8, 4) is 0 Å². The van der Waals surface area contributed by atoms with Gasteiger partial charge in [-0.1, -0.05) is 48.5 Å². The summed E-state index contributed by atoms with van der Waals surface area (Å²) in [7, 11) is 0. The summed E-state index contributed by atoms with van der Waals surface area (Å²) in [4.78, 5) is 23.8. The molecule has 0 saturated carbocycles. The number of halogens is 2. The predicted octanol–water partition coefficient (Wildman–Crippen LogP) is 4.64. The molecule has 0 spiro atoms. The Balaban J connectivity index is 1.50. The molecule has 7 heteroatoms. The van der Waals surface area contributed by atoms with Crippen LogP contribution in [0, 0.1) is 11.6 Å². The van der Waals surface area contributed by atoms with Crippen LogP contribution in [0.3, 0.4) is 0 Å². The summed E-state index contributed by atoms with van der Waals surface area (Å²) in [5.41, 5.74) is 1.57. The van der Waals surface area contributed by atoms with Gasteiger partial charge in [-0.15, -0.1) is 0 Å². The Kier molecular flexibility index (Phi) is 6.65. The highest BCUT2D eigenvalue weighted by molar-refractivity contribution is 6.08. The maximum absolute atomic E-state index is 13.6. The molecule has 0 radical (unpaired) electrons. The molecule has 3 amide bonds. The number of urea groups is 1. The summed E-state index contributed by atoms with van der Waals surface area (Å²) in [5, 5.41) is 4.33. The number of ether oxygens (including phenoxy) is 1. The van der Waals surface area contributed by atoms with Crippen LogP contribution in [0.25, 0.3) is 0 Å². The minimum atomic E-state index is -1.16. The number of nitrogens with one attached hydrogen (secondary N) is 2. The molecule has 2 N–H and O–H groups in total. The summed E-state index contributed by atoms with van der Waals surface area (Å²) < 4.78 is 32.8. The van der Waals surface area contributed by atoms with Crippen LogP contribution in [0.15, 0.2) is 72.8 Å². The van der Waals surface area contributed by atoms with Crippen molar-refractivity contribution >= 4 is 17.6 Å². The first-order chi connectivity index (χ1) is 14.0. The van der Waals surface area contributed by atoms with E-state index < -0.39 is 29.1 Å². The SMILES string of the molecule is O=C(NC(=O)c1c(F)cccc1F)Nc1ccc(COCc2ccccc2)cc1. The molecule has 5 nitrogen and oxygen atoms in total. The minimum Gasteiger partial charge on any atom is -0.372 e. The van der Waals surface area contributed by atoms with Gasteiger partial charge in [0.15, 0.2) is 0 Å². The Bertz CT molecular complexity index is 972. The average Bonchev–Trinajstić information content (AvgIpc) is 2.70. The minimum absolute atomic E-state index is 0.395. The van der Waals surface area contributed by atoms with Crippen LogP contribution in [0.1, 0.15) is 21.5 Å². The fraction of sp³-hybridized carbons (Fsp3) is 0.0909. The number of carbonyl (C=O) groups excluding carboxylic acids is 2. The van der Waals surface area contributed by atoms with E-state index in [9.17, 15) is 18.4 Å². The average molecular weight is 396 g/mol. The lowest BCUT2D eigenvalue weighted by Crippen LogP contribution is -2.35. The molecule has 0 heterocycles. The lowest BCUT2D eigenvalue weighted by molar-refractivity contribution is 0.0959. The number of carbonyl (C=O) groups is 2. The number of benzene rings is 3. The Labute approximate surface area is 166 Å². The van der Waals surface area contributed by atoms with Gasteiger partial charge < -0.3 is 10.1 Å². The van der Waals surface area contributed by atoms with Gasteiger partial charge in [-0.2, -0.15) is 0 Å². The van der Waals surface area contributed by atoms with Gasteiger partial charge in [0.05, 0.1) is 13.2 Å². The van der Waals surface area contributed by atoms with Gasteiger partial charge in [-0.05, 0) is 35.4 Å². The van der Waals surface area contributed by atoms with Crippen LogP contribution in [0.5, 0.6) is 0 Å². The molecule has 0 atom stereocenters. The Morgan fingerprint density at radius 1 is 0.759 bits per heavy atom. The van der Waals surface area contributed by atoms with Gasteiger partial charge in [-0.3, -0.25) is 10.1 Å². The molecule has 0 aliphatic heterocycles. The molecule has 29 heavy (non-hydrogen) atoms. The van der Waals surface area contributed by atoms with E-state index in [-0.39, 0.29) is 0 Å². The molecule has 148 valence electrons. The van der Waals surface area contributed by atoms with Gasteiger partial charge in [-0.25, -0.2) is 13.6 Å². The van der Waals surface area contributed by atoms with E-state index in [0.29, 0.717) is 18.9 Å². The van der Waals surface area contributed by atoms with E-state index in [1.54, 1.807) is 24.3 Å². The first kappa shape index (κ1) is 20.2. The van der Waals surface area contributed by atoms with Gasteiger partial charge in [0, 0.05) is 5.69 Å². The van der Waals surface area contributed by atoms with Crippen molar-refractivity contribution in [3.63, 3.8) is 0 Å². The Morgan fingerprint density at radius 3 is 1.97 bits per heavy atom. The number of hydrogen-bond donors (Lipinski definition) is 2. The monoisotopic (exact) mass is 396 g/mol. The second-order valence-corrected chi connectivity index (χ2v) is 6.18. The van der Waals surface area contributed by atoms with Crippen molar-refractivity contribution in [1.29, 1.82) is 0 Å². The molecule has 0 aromatic heterocycles. The lowest BCUT2D eigenvalue weighted by Gasteiger charge is -2.09. The topological polar surface area (TPSA) is 67.4 Å². The number of rotatable bonds is 6. The van der Waals surface area contributed by atoms with Gasteiger partial charge in [0.1, 0.15) is 17.2 Å². The molecule has 3 aromatic rings. The first-order valence-corrected chi connectivity index (χ1v) is 8.80. The van der Waals surface area contributed by atoms with E-state index in [1.165, 1.54) is 0 Å². The molecule has 0 aliphatic rings. The smallest absolute Gasteiger partial charge is 0.326 e. The first-order valence-electron chi connectivity index (χ1n) is 8.80. The number of anilines is 1. The highest BCUT2D eigenvalue weighted by Gasteiger charge is 2.19. The van der Waals surface area contributed by atoms with E-state index in [2.05, 4.69) is 5.32 Å². The standard InChI is InChI=1S/C22H18F2N2O3/c23-18-7-4-8-19(24)20(18)21(27)26-22(28)25-17-11-9-16(10-12-17)14-29-13-15-5-2-1-3-6-15/h1-12H,13-14H2,(H2,25,26,27,28). The summed E-state index contributed by atoms with van der Waals surface area (Å²) in [6, 6.07) is 18.7. The second-order valence-electron chi connectivity index (χ2n) is 6.18. The summed E-state index contributed by atoms with van der Waals surface area (Å²) in [6.45, 7) is 0.879. The van der Waals surface area contributed by atoms with Crippen LogP contribution in [-0.2, 0) is 18.0 Å². The molecular formula is C22H18F2N2O3. The molecule has 3 rings (SSSR count). The molecule has 0 fully saturated rings. The highest BCUT2D eigenvalue weighted by Crippen LogP contribution is 2.13. The summed E-state index contributed by atoms with van der Waals surface area (Å²) in [5.74, 6) is -3.26. The lowest BCUT2D eigenvalue weighted by atomic mass is 10.2. The fourth-order valence-electron chi connectivity index (χ4n) is 2.59. The molecule has 0 saturated heterocycles. The normalized spacial score (nSPS) is 10.4. The zero-order valence-electron chi connectivity index (χ0n) is 15.3. The maximum atomic E-state index is 13.6. The third-order valence-electron chi connectivity index (χ3n) is 4.01. The van der Waals surface area contributed by atoms with Crippen LogP contribution in [-0.4, -0.2) is 11.9 Å². The van der Waals surface area contributed by atoms with Crippen molar-refractivity contribution in [2.45, 2.75) is 13.2 Å². The van der Waals surface area contributed by atoms with E-state index in [4.69, 9.17) is 4.74 Å². The third kappa shape index (κ3) is 5.70. The number of amides is 3. The second kappa shape index (κ2) is 9.57. The predicted molar refractivity (Wildman–Crippen MR) is 104 cm³/mol. The van der Waals surface area contributed by atoms with E-state index in [0.717, 1.165) is 29.3 Å². The fourth-order valence-corrected chi connectivity index (χ4v) is 2.59. The molecule has 0 unspecified atom stereocenters. The molecule has 0 aliphatic carbocycles. The van der Waals surface area contributed by atoms with Crippen molar-refractivity contribution in [1.82, 2.24) is 5.32 Å². The molecular weight excluding hydrogens is 378 g/mol. The quantitative estimate of drug-likeness (QED) is 0.638. The molecule has 0 bridgehead atoms. The van der Waals surface area contributed by atoms with E-state index in [1.807, 2.05) is 35.6 Å². The Hall–Kier alpha value is -3.58. The zero-order valence-corrected chi connectivity index (χ0v) is 15.3. The van der Waals surface area contributed by atoms with Crippen LogP contribution in [0.4, 0.5) is 19.3 Å². The van der Waals surface area contributed by atoms with Gasteiger partial charge in [0.25, 0.3) is 5.91 Å². The Morgan fingerprint density at radius 2 is 1.34 bits per heavy atom. The van der Waals surface area contributed by atoms with Crippen molar-refractivity contribution in [2.24, 2.45) is 0 Å². The number of imide groups is 1. The van der Waals surface area contributed by atoms with Gasteiger partial charge in [0.2, 0.25) is 0 Å². The molecule has 3 aromatic carbocycles. The highest BCUT2D eigenvalue weighted by atomic mass is 19.1. The van der Waals surface area contributed by atoms with Gasteiger partial charge >= 0.3 is 6.03 Å². The zero-order chi connectivity index (χ0) is 20.6.